The van der Waals surface area contributed by atoms with Crippen molar-refractivity contribution in [2.45, 2.75) is 6.54 Å². The Balaban J connectivity index is 1.98. The van der Waals surface area contributed by atoms with Crippen LogP contribution < -0.4 is 11.1 Å². The van der Waals surface area contributed by atoms with Crippen molar-refractivity contribution in [3.05, 3.63) is 45.4 Å². The second kappa shape index (κ2) is 5.29. The summed E-state index contributed by atoms with van der Waals surface area (Å²) in [4.78, 5) is 15.9. The van der Waals surface area contributed by atoms with Gasteiger partial charge < -0.3 is 11.1 Å². The Morgan fingerprint density at radius 3 is 3.00 bits per heavy atom. The number of hydrogen-bond donors (Lipinski definition) is 2. The number of carbonyl (C=O) groups excluding carboxylic acids is 1. The summed E-state index contributed by atoms with van der Waals surface area (Å²) in [5, 5.41) is 5.13. The van der Waals surface area contributed by atoms with Gasteiger partial charge in [-0.2, -0.15) is 0 Å². The van der Waals surface area contributed by atoms with E-state index in [-0.39, 0.29) is 5.91 Å². The second-order valence-electron chi connectivity index (χ2n) is 3.37. The standard InChI is InChI=1S/C11H10BrN3OS/c12-8-3-1-2-7(4-8)10(16)14-5-9-6-17-11(13)15-9/h1-4,6H,5H2,(H2,13,15)(H,14,16). The molecule has 4 nitrogen and oxygen atoms in total. The highest BCUT2D eigenvalue weighted by Crippen LogP contribution is 2.13. The lowest BCUT2D eigenvalue weighted by Gasteiger charge is -2.03. The number of nitrogens with two attached hydrogens (primary N) is 1. The van der Waals surface area contributed by atoms with Crippen molar-refractivity contribution in [2.75, 3.05) is 5.73 Å². The average molecular weight is 312 g/mol. The van der Waals surface area contributed by atoms with Crippen molar-refractivity contribution in [1.82, 2.24) is 10.3 Å². The van der Waals surface area contributed by atoms with Gasteiger partial charge in [0.1, 0.15) is 0 Å². The Bertz CT molecular complexity index is 541. The first-order chi connectivity index (χ1) is 8.15. The Hall–Kier alpha value is -1.40. The minimum absolute atomic E-state index is 0.127. The highest BCUT2D eigenvalue weighted by Gasteiger charge is 2.06. The molecule has 0 radical (unpaired) electrons. The maximum absolute atomic E-state index is 11.8. The zero-order valence-electron chi connectivity index (χ0n) is 8.81. The average Bonchev–Trinajstić information content (AvgIpc) is 2.72. The molecule has 1 heterocycles. The van der Waals surface area contributed by atoms with E-state index in [0.29, 0.717) is 17.2 Å². The molecular formula is C11H10BrN3OS. The summed E-state index contributed by atoms with van der Waals surface area (Å²) in [6.45, 7) is 0.388. The first-order valence-corrected chi connectivity index (χ1v) is 6.56. The fraction of sp³-hybridized carbons (Fsp3) is 0.0909. The van der Waals surface area contributed by atoms with Gasteiger partial charge in [-0.25, -0.2) is 4.98 Å². The number of anilines is 1. The van der Waals surface area contributed by atoms with Crippen molar-refractivity contribution in [2.24, 2.45) is 0 Å². The van der Waals surface area contributed by atoms with Crippen LogP contribution in [0.15, 0.2) is 34.1 Å². The van der Waals surface area contributed by atoms with Crippen LogP contribution in [-0.2, 0) is 6.54 Å². The first-order valence-electron chi connectivity index (χ1n) is 4.89. The number of thiazole rings is 1. The largest absolute Gasteiger partial charge is 0.375 e. The number of nitrogens with one attached hydrogen (secondary N) is 1. The zero-order valence-corrected chi connectivity index (χ0v) is 11.2. The summed E-state index contributed by atoms with van der Waals surface area (Å²) in [7, 11) is 0. The van der Waals surface area contributed by atoms with E-state index in [2.05, 4.69) is 26.2 Å². The van der Waals surface area contributed by atoms with E-state index in [1.165, 1.54) is 11.3 Å². The molecule has 0 aliphatic carbocycles. The van der Waals surface area contributed by atoms with E-state index in [1.807, 2.05) is 17.5 Å². The van der Waals surface area contributed by atoms with Crippen LogP contribution >= 0.6 is 27.3 Å². The lowest BCUT2D eigenvalue weighted by atomic mass is 10.2. The fourth-order valence-electron chi connectivity index (χ4n) is 1.31. The molecule has 2 aromatic rings. The summed E-state index contributed by atoms with van der Waals surface area (Å²) in [5.41, 5.74) is 6.89. The topological polar surface area (TPSA) is 68.0 Å². The van der Waals surface area contributed by atoms with E-state index in [0.717, 1.165) is 10.2 Å². The summed E-state index contributed by atoms with van der Waals surface area (Å²) in [6, 6.07) is 7.22. The summed E-state index contributed by atoms with van der Waals surface area (Å²) >= 11 is 4.68. The normalized spacial score (nSPS) is 10.2. The molecule has 0 saturated carbocycles. The lowest BCUT2D eigenvalue weighted by molar-refractivity contribution is 0.0950. The van der Waals surface area contributed by atoms with Gasteiger partial charge in [0.05, 0.1) is 12.2 Å². The van der Waals surface area contributed by atoms with Crippen LogP contribution in [0.5, 0.6) is 0 Å². The maximum Gasteiger partial charge on any atom is 0.251 e. The number of aromatic nitrogens is 1. The molecule has 6 heteroatoms. The molecule has 2 rings (SSSR count). The third-order valence-corrected chi connectivity index (χ3v) is 3.30. The van der Waals surface area contributed by atoms with Crippen LogP contribution in [0.2, 0.25) is 0 Å². The number of nitrogens with zero attached hydrogens (tertiary/aromatic N) is 1. The van der Waals surface area contributed by atoms with Crippen LogP contribution in [0.3, 0.4) is 0 Å². The molecule has 0 spiro atoms. The Labute approximate surface area is 111 Å². The molecule has 17 heavy (non-hydrogen) atoms. The van der Waals surface area contributed by atoms with E-state index >= 15 is 0 Å². The lowest BCUT2D eigenvalue weighted by Crippen LogP contribution is -2.22. The van der Waals surface area contributed by atoms with Crippen molar-refractivity contribution in [3.8, 4) is 0 Å². The van der Waals surface area contributed by atoms with E-state index in [4.69, 9.17) is 5.73 Å². The second-order valence-corrected chi connectivity index (χ2v) is 5.18. The highest BCUT2D eigenvalue weighted by molar-refractivity contribution is 9.10. The SMILES string of the molecule is Nc1nc(CNC(=O)c2cccc(Br)c2)cs1. The summed E-state index contributed by atoms with van der Waals surface area (Å²) in [5.74, 6) is -0.127. The third kappa shape index (κ3) is 3.28. The molecule has 88 valence electrons. The molecule has 3 N–H and O–H groups in total. The quantitative estimate of drug-likeness (QED) is 0.914. The van der Waals surface area contributed by atoms with Gasteiger partial charge in [0, 0.05) is 15.4 Å². The van der Waals surface area contributed by atoms with E-state index in [1.54, 1.807) is 12.1 Å². The van der Waals surface area contributed by atoms with Crippen LogP contribution in [0.1, 0.15) is 16.1 Å². The number of halogens is 1. The van der Waals surface area contributed by atoms with Crippen molar-refractivity contribution in [1.29, 1.82) is 0 Å². The van der Waals surface area contributed by atoms with Gasteiger partial charge in [-0.15, -0.1) is 11.3 Å². The van der Waals surface area contributed by atoms with Gasteiger partial charge in [0.2, 0.25) is 0 Å². The Morgan fingerprint density at radius 2 is 2.35 bits per heavy atom. The minimum Gasteiger partial charge on any atom is -0.375 e. The van der Waals surface area contributed by atoms with Crippen molar-refractivity contribution < 1.29 is 4.79 Å². The van der Waals surface area contributed by atoms with Crippen LogP contribution in [0.4, 0.5) is 5.13 Å². The van der Waals surface area contributed by atoms with Gasteiger partial charge in [-0.1, -0.05) is 22.0 Å². The predicted molar refractivity (Wildman–Crippen MR) is 71.8 cm³/mol. The first kappa shape index (κ1) is 12.1. The fourth-order valence-corrected chi connectivity index (χ4v) is 2.27. The van der Waals surface area contributed by atoms with Gasteiger partial charge in [0.25, 0.3) is 5.91 Å². The highest BCUT2D eigenvalue weighted by atomic mass is 79.9. The number of hydrogen-bond acceptors (Lipinski definition) is 4. The van der Waals surface area contributed by atoms with Crippen LogP contribution in [-0.4, -0.2) is 10.9 Å². The van der Waals surface area contributed by atoms with Crippen LogP contribution in [0, 0.1) is 0 Å². The molecule has 0 fully saturated rings. The molecule has 0 atom stereocenters. The number of carbonyl (C=O) groups is 1. The molecule has 0 aliphatic rings. The van der Waals surface area contributed by atoms with Gasteiger partial charge >= 0.3 is 0 Å². The third-order valence-electron chi connectivity index (χ3n) is 2.09. The number of benzene rings is 1. The van der Waals surface area contributed by atoms with Gasteiger partial charge in [-0.3, -0.25) is 4.79 Å². The van der Waals surface area contributed by atoms with E-state index < -0.39 is 0 Å². The Kier molecular flexibility index (Phi) is 3.75. The summed E-state index contributed by atoms with van der Waals surface area (Å²) in [6.07, 6.45) is 0. The Morgan fingerprint density at radius 1 is 1.53 bits per heavy atom. The molecule has 1 aromatic heterocycles. The van der Waals surface area contributed by atoms with Gasteiger partial charge in [0.15, 0.2) is 5.13 Å². The molecular weight excluding hydrogens is 302 g/mol. The molecule has 0 saturated heterocycles. The zero-order chi connectivity index (χ0) is 12.3. The number of nitrogen functional groups attached to an aromatic ring is 1. The van der Waals surface area contributed by atoms with Crippen molar-refractivity contribution in [3.63, 3.8) is 0 Å². The monoisotopic (exact) mass is 311 g/mol. The molecule has 1 aromatic carbocycles. The van der Waals surface area contributed by atoms with Gasteiger partial charge in [-0.05, 0) is 18.2 Å². The van der Waals surface area contributed by atoms with Crippen molar-refractivity contribution >= 4 is 38.3 Å². The number of rotatable bonds is 3. The molecule has 0 bridgehead atoms. The van der Waals surface area contributed by atoms with E-state index in [9.17, 15) is 4.79 Å². The summed E-state index contributed by atoms with van der Waals surface area (Å²) < 4.78 is 0.878. The maximum atomic E-state index is 11.8. The predicted octanol–water partition coefficient (Wildman–Crippen LogP) is 2.42. The molecule has 1 amide bonds. The molecule has 0 unspecified atom stereocenters. The number of amides is 1. The smallest absolute Gasteiger partial charge is 0.251 e. The van der Waals surface area contributed by atoms with Crippen LogP contribution in [0.25, 0.3) is 0 Å². The molecule has 0 aliphatic heterocycles. The minimum atomic E-state index is -0.127.